The van der Waals surface area contributed by atoms with E-state index in [1.807, 2.05) is 55.5 Å². The summed E-state index contributed by atoms with van der Waals surface area (Å²) in [5.41, 5.74) is 6.58. The first-order chi connectivity index (χ1) is 15.6. The van der Waals surface area contributed by atoms with Crippen molar-refractivity contribution < 1.29 is 4.74 Å². The number of imidazole rings is 1. The summed E-state index contributed by atoms with van der Waals surface area (Å²) in [6, 6.07) is 22.0. The van der Waals surface area contributed by atoms with Crippen molar-refractivity contribution in [3.63, 3.8) is 0 Å². The Balaban J connectivity index is 1.61. The molecule has 0 unspecified atom stereocenters. The Morgan fingerprint density at radius 1 is 0.969 bits per heavy atom. The molecule has 2 aromatic carbocycles. The van der Waals surface area contributed by atoms with E-state index >= 15 is 0 Å². The van der Waals surface area contributed by atoms with Gasteiger partial charge in [0.15, 0.2) is 0 Å². The van der Waals surface area contributed by atoms with Crippen molar-refractivity contribution in [2.75, 3.05) is 7.11 Å². The molecule has 5 nitrogen and oxygen atoms in total. The van der Waals surface area contributed by atoms with Crippen LogP contribution in [-0.4, -0.2) is 27.0 Å². The van der Waals surface area contributed by atoms with Gasteiger partial charge in [-0.1, -0.05) is 35.9 Å². The van der Waals surface area contributed by atoms with Crippen LogP contribution < -0.4 is 4.74 Å². The zero-order valence-electron chi connectivity index (χ0n) is 17.8. The lowest BCUT2D eigenvalue weighted by Gasteiger charge is -2.05. The van der Waals surface area contributed by atoms with Crippen LogP contribution in [0.2, 0.25) is 5.02 Å². The molecular formula is C26H21ClN4O. The number of fused-ring (bicyclic) bond motifs is 1. The fourth-order valence-corrected chi connectivity index (χ4v) is 4.10. The number of aromatic amines is 1. The highest BCUT2D eigenvalue weighted by molar-refractivity contribution is 6.32. The molecule has 0 aliphatic carbocycles. The maximum atomic E-state index is 6.33. The Morgan fingerprint density at radius 2 is 1.88 bits per heavy atom. The largest absolute Gasteiger partial charge is 0.495 e. The maximum Gasteiger partial charge on any atom is 0.137 e. The highest BCUT2D eigenvalue weighted by atomic mass is 35.5. The summed E-state index contributed by atoms with van der Waals surface area (Å²) in [7, 11) is 1.61. The second kappa shape index (κ2) is 8.44. The topological polar surface area (TPSA) is 63.7 Å². The summed E-state index contributed by atoms with van der Waals surface area (Å²) in [5, 5.41) is 1.65. The number of methoxy groups -OCH3 is 1. The second-order valence-electron chi connectivity index (χ2n) is 7.63. The summed E-state index contributed by atoms with van der Waals surface area (Å²) in [6.45, 7) is 1.99. The molecule has 158 valence electrons. The number of aromatic nitrogens is 4. The summed E-state index contributed by atoms with van der Waals surface area (Å²) in [5.74, 6) is 1.50. The van der Waals surface area contributed by atoms with Crippen LogP contribution in [0.25, 0.3) is 33.5 Å². The molecule has 0 amide bonds. The van der Waals surface area contributed by atoms with Crippen LogP contribution in [0.4, 0.5) is 0 Å². The Labute approximate surface area is 191 Å². The monoisotopic (exact) mass is 440 g/mol. The molecule has 5 aromatic rings. The van der Waals surface area contributed by atoms with Gasteiger partial charge in [-0.15, -0.1) is 0 Å². The van der Waals surface area contributed by atoms with Crippen molar-refractivity contribution in [1.29, 1.82) is 0 Å². The number of nitrogens with zero attached hydrogens (tertiary/aromatic N) is 3. The summed E-state index contributed by atoms with van der Waals surface area (Å²) in [6.07, 6.45) is 2.41. The van der Waals surface area contributed by atoms with E-state index in [9.17, 15) is 0 Å². The van der Waals surface area contributed by atoms with E-state index in [0.717, 1.165) is 50.6 Å². The Bertz CT molecular complexity index is 1430. The highest BCUT2D eigenvalue weighted by Gasteiger charge is 2.16. The Kier molecular flexibility index (Phi) is 5.33. The quantitative estimate of drug-likeness (QED) is 0.351. The van der Waals surface area contributed by atoms with E-state index in [0.29, 0.717) is 17.2 Å². The maximum absolute atomic E-state index is 6.33. The van der Waals surface area contributed by atoms with E-state index in [-0.39, 0.29) is 0 Å². The van der Waals surface area contributed by atoms with Gasteiger partial charge in [0.1, 0.15) is 11.6 Å². The molecule has 0 spiro atoms. The van der Waals surface area contributed by atoms with Crippen LogP contribution in [0.3, 0.4) is 0 Å². The smallest absolute Gasteiger partial charge is 0.137 e. The number of H-pyrrole nitrogens is 1. The van der Waals surface area contributed by atoms with Crippen molar-refractivity contribution in [1.82, 2.24) is 19.9 Å². The first kappa shape index (κ1) is 20.2. The third-order valence-corrected chi connectivity index (χ3v) is 5.66. The number of rotatable bonds is 5. The molecule has 0 bridgehead atoms. The molecule has 1 N–H and O–H groups in total. The Morgan fingerprint density at radius 3 is 2.69 bits per heavy atom. The molecule has 0 aliphatic heterocycles. The number of nitrogens with one attached hydrogen (secondary N) is 1. The van der Waals surface area contributed by atoms with Gasteiger partial charge in [-0.3, -0.25) is 9.97 Å². The molecule has 0 radical (unpaired) electrons. The minimum atomic E-state index is 0.583. The zero-order chi connectivity index (χ0) is 22.1. The average Bonchev–Trinajstić information content (AvgIpc) is 3.23. The predicted octanol–water partition coefficient (Wildman–Crippen LogP) is 6.25. The van der Waals surface area contributed by atoms with Crippen molar-refractivity contribution >= 4 is 22.5 Å². The van der Waals surface area contributed by atoms with Crippen LogP contribution >= 0.6 is 11.6 Å². The van der Waals surface area contributed by atoms with Gasteiger partial charge in [-0.2, -0.15) is 0 Å². The summed E-state index contributed by atoms with van der Waals surface area (Å²) in [4.78, 5) is 17.6. The molecule has 5 rings (SSSR count). The van der Waals surface area contributed by atoms with Gasteiger partial charge in [0.2, 0.25) is 0 Å². The minimum Gasteiger partial charge on any atom is -0.495 e. The van der Waals surface area contributed by atoms with E-state index in [4.69, 9.17) is 26.3 Å². The van der Waals surface area contributed by atoms with Gasteiger partial charge >= 0.3 is 0 Å². The number of halogens is 1. The predicted molar refractivity (Wildman–Crippen MR) is 128 cm³/mol. The standard InChI is InChI=1S/C26H21ClN4O/c1-16-5-3-7-22(29-16)26-25(19-9-10-21-18(15-19)6-4-12-28-21)30-24(31-26)14-17-8-11-23(32-2)20(27)13-17/h3-13,15H,14H2,1-2H3,(H,30,31). The van der Waals surface area contributed by atoms with Crippen LogP contribution in [0.1, 0.15) is 17.1 Å². The third-order valence-electron chi connectivity index (χ3n) is 5.36. The van der Waals surface area contributed by atoms with E-state index < -0.39 is 0 Å². The van der Waals surface area contributed by atoms with Crippen molar-refractivity contribution in [3.05, 3.63) is 95.0 Å². The fourth-order valence-electron chi connectivity index (χ4n) is 3.82. The molecule has 3 aromatic heterocycles. The summed E-state index contributed by atoms with van der Waals surface area (Å²) < 4.78 is 5.27. The number of hydrogen-bond acceptors (Lipinski definition) is 4. The molecule has 0 aliphatic rings. The van der Waals surface area contributed by atoms with E-state index in [1.54, 1.807) is 13.3 Å². The molecule has 3 heterocycles. The average molecular weight is 441 g/mol. The molecule has 6 heteroatoms. The van der Waals surface area contributed by atoms with Gasteiger partial charge in [-0.25, -0.2) is 4.98 Å². The first-order valence-corrected chi connectivity index (χ1v) is 10.7. The minimum absolute atomic E-state index is 0.583. The fraction of sp³-hybridized carbons (Fsp3) is 0.115. The molecule has 0 atom stereocenters. The van der Waals surface area contributed by atoms with E-state index in [2.05, 4.69) is 28.2 Å². The normalized spacial score (nSPS) is 11.1. The first-order valence-electron chi connectivity index (χ1n) is 10.3. The number of aryl methyl sites for hydroxylation is 1. The molecule has 0 saturated heterocycles. The van der Waals surface area contributed by atoms with Gasteiger partial charge in [0.25, 0.3) is 0 Å². The van der Waals surface area contributed by atoms with Crippen LogP contribution in [0.15, 0.2) is 72.9 Å². The van der Waals surface area contributed by atoms with Crippen LogP contribution in [0.5, 0.6) is 5.75 Å². The lowest BCUT2D eigenvalue weighted by atomic mass is 10.1. The van der Waals surface area contributed by atoms with Gasteiger partial charge in [-0.05, 0) is 55.0 Å². The third kappa shape index (κ3) is 3.95. The Hall–Kier alpha value is -3.70. The summed E-state index contributed by atoms with van der Waals surface area (Å²) >= 11 is 6.33. The number of benzene rings is 2. The van der Waals surface area contributed by atoms with Gasteiger partial charge in [0, 0.05) is 29.3 Å². The lowest BCUT2D eigenvalue weighted by Crippen LogP contribution is -1.93. The zero-order valence-corrected chi connectivity index (χ0v) is 18.5. The number of ether oxygens (including phenoxy) is 1. The molecule has 32 heavy (non-hydrogen) atoms. The molecular weight excluding hydrogens is 420 g/mol. The number of hydrogen-bond donors (Lipinski definition) is 1. The highest BCUT2D eigenvalue weighted by Crippen LogP contribution is 2.32. The number of pyridine rings is 2. The second-order valence-corrected chi connectivity index (χ2v) is 8.04. The van der Waals surface area contributed by atoms with Gasteiger partial charge in [0.05, 0.1) is 34.7 Å². The molecule has 0 saturated carbocycles. The molecule has 0 fully saturated rings. The van der Waals surface area contributed by atoms with Crippen molar-refractivity contribution in [3.8, 4) is 28.4 Å². The van der Waals surface area contributed by atoms with E-state index in [1.165, 1.54) is 0 Å². The SMILES string of the molecule is COc1ccc(Cc2nc(-c3ccc4ncccc4c3)c(-c3cccc(C)n3)[nH]2)cc1Cl. The van der Waals surface area contributed by atoms with Crippen molar-refractivity contribution in [2.45, 2.75) is 13.3 Å². The van der Waals surface area contributed by atoms with Crippen molar-refractivity contribution in [2.24, 2.45) is 0 Å². The van der Waals surface area contributed by atoms with Gasteiger partial charge < -0.3 is 9.72 Å². The lowest BCUT2D eigenvalue weighted by molar-refractivity contribution is 0.415. The van der Waals surface area contributed by atoms with Crippen LogP contribution in [-0.2, 0) is 6.42 Å². The van der Waals surface area contributed by atoms with Crippen LogP contribution in [0, 0.1) is 6.92 Å².